The van der Waals surface area contributed by atoms with Crippen molar-refractivity contribution in [3.05, 3.63) is 51.5 Å². The molecular formula is C24H25F2N5O3S. The number of hydrogen-bond donors (Lipinski definition) is 1. The maximum Gasteiger partial charge on any atom is 0.271 e. The van der Waals surface area contributed by atoms with Gasteiger partial charge in [0.25, 0.3) is 17.7 Å². The molecule has 0 bridgehead atoms. The van der Waals surface area contributed by atoms with Gasteiger partial charge in [0.05, 0.1) is 24.2 Å². The highest BCUT2D eigenvalue weighted by atomic mass is 32.1. The van der Waals surface area contributed by atoms with E-state index in [4.69, 9.17) is 5.26 Å². The van der Waals surface area contributed by atoms with Crippen LogP contribution in [0.5, 0.6) is 0 Å². The molecule has 3 amide bonds. The van der Waals surface area contributed by atoms with Gasteiger partial charge < -0.3 is 15.1 Å². The van der Waals surface area contributed by atoms with E-state index in [9.17, 15) is 23.2 Å². The molecule has 184 valence electrons. The molecule has 2 aliphatic heterocycles. The lowest BCUT2D eigenvalue weighted by Crippen LogP contribution is -2.43. The van der Waals surface area contributed by atoms with Crippen molar-refractivity contribution in [2.75, 3.05) is 19.6 Å². The van der Waals surface area contributed by atoms with Gasteiger partial charge in [0, 0.05) is 36.4 Å². The van der Waals surface area contributed by atoms with E-state index in [-0.39, 0.29) is 17.6 Å². The number of nitrogens with one attached hydrogen (secondary N) is 1. The molecule has 8 nitrogen and oxygen atoms in total. The number of aromatic nitrogens is 1. The molecule has 35 heavy (non-hydrogen) atoms. The second kappa shape index (κ2) is 10.1. The van der Waals surface area contributed by atoms with Gasteiger partial charge >= 0.3 is 0 Å². The minimum absolute atomic E-state index is 0.0306. The monoisotopic (exact) mass is 501 g/mol. The Morgan fingerprint density at radius 2 is 2.00 bits per heavy atom. The van der Waals surface area contributed by atoms with E-state index in [0.29, 0.717) is 17.0 Å². The number of amides is 3. The van der Waals surface area contributed by atoms with Crippen molar-refractivity contribution in [3.8, 4) is 6.07 Å². The first-order chi connectivity index (χ1) is 16.7. The molecule has 4 rings (SSSR count). The van der Waals surface area contributed by atoms with Crippen LogP contribution < -0.4 is 5.32 Å². The topological polar surface area (TPSA) is 106 Å². The van der Waals surface area contributed by atoms with Crippen LogP contribution in [0, 0.1) is 11.3 Å². The summed E-state index contributed by atoms with van der Waals surface area (Å²) in [5.74, 6) is -4.42. The first-order valence-corrected chi connectivity index (χ1v) is 12.2. The highest BCUT2D eigenvalue weighted by Gasteiger charge is 2.47. The number of carbonyl (C=O) groups excluding carboxylic acids is 3. The minimum atomic E-state index is -3.11. The van der Waals surface area contributed by atoms with Crippen LogP contribution in [0.2, 0.25) is 0 Å². The van der Waals surface area contributed by atoms with Crippen LogP contribution in [0.15, 0.2) is 29.6 Å². The Hall–Kier alpha value is -3.39. The molecule has 1 aromatic heterocycles. The predicted molar refractivity (Wildman–Crippen MR) is 124 cm³/mol. The summed E-state index contributed by atoms with van der Waals surface area (Å²) < 4.78 is 27.1. The molecular weight excluding hydrogens is 476 g/mol. The van der Waals surface area contributed by atoms with Crippen LogP contribution in [-0.2, 0) is 11.2 Å². The number of nitrogens with zero attached hydrogens (tertiary/aromatic N) is 4. The summed E-state index contributed by atoms with van der Waals surface area (Å²) in [7, 11) is 0. The lowest BCUT2D eigenvalue weighted by molar-refractivity contribution is -0.131. The van der Waals surface area contributed by atoms with Crippen LogP contribution >= 0.6 is 11.3 Å². The molecule has 0 unspecified atom stereocenters. The molecule has 2 aromatic rings. The first-order valence-electron chi connectivity index (χ1n) is 11.4. The predicted octanol–water partition coefficient (Wildman–Crippen LogP) is 2.85. The Morgan fingerprint density at radius 1 is 1.26 bits per heavy atom. The van der Waals surface area contributed by atoms with Crippen LogP contribution in [0.4, 0.5) is 8.78 Å². The van der Waals surface area contributed by atoms with E-state index >= 15 is 0 Å². The number of alkyl halides is 2. The zero-order valence-corrected chi connectivity index (χ0v) is 20.0. The van der Waals surface area contributed by atoms with Crippen molar-refractivity contribution in [1.82, 2.24) is 20.1 Å². The summed E-state index contributed by atoms with van der Waals surface area (Å²) in [4.78, 5) is 44.3. The molecule has 0 saturated carbocycles. The molecule has 2 aliphatic rings. The number of likely N-dealkylation sites (tertiary alicyclic amines) is 2. The third-order valence-corrected chi connectivity index (χ3v) is 7.14. The lowest BCUT2D eigenvalue weighted by atomic mass is 10.1. The van der Waals surface area contributed by atoms with Crippen molar-refractivity contribution >= 4 is 29.1 Å². The molecule has 0 aliphatic carbocycles. The molecule has 1 aromatic carbocycles. The van der Waals surface area contributed by atoms with E-state index in [2.05, 4.69) is 17.2 Å². The van der Waals surface area contributed by atoms with E-state index in [1.54, 1.807) is 23.6 Å². The molecule has 2 atom stereocenters. The smallest absolute Gasteiger partial charge is 0.271 e. The molecule has 0 radical (unpaired) electrons. The summed E-state index contributed by atoms with van der Waals surface area (Å²) in [5, 5.41) is 13.6. The molecule has 2 fully saturated rings. The van der Waals surface area contributed by atoms with Crippen molar-refractivity contribution in [2.24, 2.45) is 0 Å². The maximum absolute atomic E-state index is 13.5. The van der Waals surface area contributed by atoms with Crippen molar-refractivity contribution in [2.45, 2.75) is 50.6 Å². The number of carbonyl (C=O) groups is 3. The number of halogens is 2. The van der Waals surface area contributed by atoms with Crippen molar-refractivity contribution < 1.29 is 23.2 Å². The molecule has 2 saturated heterocycles. The third-order valence-electron chi connectivity index (χ3n) is 6.29. The largest absolute Gasteiger partial charge is 0.342 e. The second-order valence-corrected chi connectivity index (χ2v) is 9.84. The highest BCUT2D eigenvalue weighted by molar-refractivity contribution is 7.09. The molecule has 0 spiro atoms. The van der Waals surface area contributed by atoms with E-state index in [1.807, 2.05) is 17.0 Å². The molecule has 11 heteroatoms. The second-order valence-electron chi connectivity index (χ2n) is 8.90. The Morgan fingerprint density at radius 3 is 2.66 bits per heavy atom. The normalized spacial score (nSPS) is 21.1. The van der Waals surface area contributed by atoms with Crippen LogP contribution in [0.1, 0.15) is 57.6 Å². The number of nitriles is 1. The van der Waals surface area contributed by atoms with Gasteiger partial charge in [0.1, 0.15) is 11.7 Å². The average Bonchev–Trinajstić information content (AvgIpc) is 3.55. The fourth-order valence-electron chi connectivity index (χ4n) is 4.38. The zero-order valence-electron chi connectivity index (χ0n) is 19.2. The first kappa shape index (κ1) is 24.7. The highest BCUT2D eigenvalue weighted by Crippen LogP contribution is 2.31. The Kier molecular flexibility index (Phi) is 7.12. The van der Waals surface area contributed by atoms with Crippen LogP contribution in [-0.4, -0.2) is 70.1 Å². The Balaban J connectivity index is 1.30. The Labute approximate surface area is 205 Å². The van der Waals surface area contributed by atoms with E-state index in [1.165, 1.54) is 11.3 Å². The summed E-state index contributed by atoms with van der Waals surface area (Å²) in [6.07, 6.45) is 1.81. The average molecular weight is 502 g/mol. The van der Waals surface area contributed by atoms with Gasteiger partial charge in [-0.2, -0.15) is 5.26 Å². The lowest BCUT2D eigenvalue weighted by Gasteiger charge is -2.21. The summed E-state index contributed by atoms with van der Waals surface area (Å²) in [5.41, 5.74) is 1.70. The van der Waals surface area contributed by atoms with Crippen LogP contribution in [0.25, 0.3) is 0 Å². The third kappa shape index (κ3) is 5.65. The van der Waals surface area contributed by atoms with E-state index < -0.39 is 43.3 Å². The summed E-state index contributed by atoms with van der Waals surface area (Å²) in [6.45, 7) is 1.51. The zero-order chi connectivity index (χ0) is 25.2. The van der Waals surface area contributed by atoms with Gasteiger partial charge in [0.15, 0.2) is 0 Å². The van der Waals surface area contributed by atoms with Gasteiger partial charge in [0.2, 0.25) is 5.91 Å². The summed E-state index contributed by atoms with van der Waals surface area (Å²) >= 11 is 1.28. The van der Waals surface area contributed by atoms with Gasteiger partial charge in [-0.15, -0.1) is 11.3 Å². The van der Waals surface area contributed by atoms with Crippen LogP contribution in [0.3, 0.4) is 0 Å². The fourth-order valence-corrected chi connectivity index (χ4v) is 5.19. The maximum atomic E-state index is 13.5. The quantitative estimate of drug-likeness (QED) is 0.655. The number of hydrogen-bond acceptors (Lipinski definition) is 6. The van der Waals surface area contributed by atoms with Gasteiger partial charge in [-0.25, -0.2) is 13.8 Å². The standard InChI is InChI=1S/C24H25F2N5O3S/c1-15-3-2-8-30(15)23(34)17-6-4-16(5-7-17)9-20-29-19(13-35-20)22(33)28-12-21(32)31-14-24(25,26)10-18(31)11-27/h4-7,13,15,18H,2-3,8-10,12,14H2,1H3,(H,28,33)/t15-,18-/m0/s1. The Bertz CT molecular complexity index is 1160. The minimum Gasteiger partial charge on any atom is -0.342 e. The fraction of sp³-hybridized carbons (Fsp3) is 0.458. The van der Waals surface area contributed by atoms with Crippen molar-refractivity contribution in [3.63, 3.8) is 0 Å². The molecule has 1 N–H and O–H groups in total. The SMILES string of the molecule is C[C@H]1CCCN1C(=O)c1ccc(Cc2nc(C(=O)NCC(=O)N3CC(F)(F)C[C@H]3C#N)cs2)cc1. The van der Waals surface area contributed by atoms with Crippen molar-refractivity contribution in [1.29, 1.82) is 5.26 Å². The van der Waals surface area contributed by atoms with Gasteiger partial charge in [-0.05, 0) is 37.5 Å². The van der Waals surface area contributed by atoms with Gasteiger partial charge in [-0.3, -0.25) is 14.4 Å². The van der Waals surface area contributed by atoms with E-state index in [0.717, 1.165) is 29.8 Å². The number of benzene rings is 1. The number of rotatable bonds is 6. The molecule has 3 heterocycles. The number of thiazole rings is 1. The van der Waals surface area contributed by atoms with Gasteiger partial charge in [-0.1, -0.05) is 12.1 Å². The summed E-state index contributed by atoms with van der Waals surface area (Å²) in [6, 6.07) is 8.07.